The first-order valence-electron chi connectivity index (χ1n) is 13.2. The van der Waals surface area contributed by atoms with Gasteiger partial charge in [-0.1, -0.05) is 31.9 Å². The fourth-order valence-corrected chi connectivity index (χ4v) is 5.52. The standard InChI is InChI=1S/C28H30F4N4O3/c1-2-34-20(15-9-11-18(29)12-10-15)14-21(37)16-5-3-4-6-17(8-7-16)27-35-24-19(26(33)36-27)13-22-25(23(24)30)39-28(31,32)38-22/h9-13,16-17,20,34H,2-8,14H2,1H3,(H2,33,35,36)/t16?,17?,20-/m1/s1. The van der Waals surface area contributed by atoms with Gasteiger partial charge in [-0.05, 0) is 56.0 Å². The topological polar surface area (TPSA) is 99.4 Å². The van der Waals surface area contributed by atoms with Crippen LogP contribution in [0.5, 0.6) is 11.5 Å². The summed E-state index contributed by atoms with van der Waals surface area (Å²) in [5, 5.41) is 3.38. The lowest BCUT2D eigenvalue weighted by molar-refractivity contribution is -0.287. The molecular formula is C28H30F4N4O3. The molecule has 0 radical (unpaired) electrons. The van der Waals surface area contributed by atoms with Crippen molar-refractivity contribution in [3.63, 3.8) is 0 Å². The number of nitrogens with zero attached hydrogens (tertiary/aromatic N) is 2. The summed E-state index contributed by atoms with van der Waals surface area (Å²) in [6.45, 7) is 2.62. The predicted octanol–water partition coefficient (Wildman–Crippen LogP) is 6.18. The van der Waals surface area contributed by atoms with Gasteiger partial charge < -0.3 is 20.5 Å². The van der Waals surface area contributed by atoms with E-state index in [0.717, 1.165) is 37.3 Å². The van der Waals surface area contributed by atoms with Crippen LogP contribution in [0.1, 0.15) is 75.2 Å². The van der Waals surface area contributed by atoms with E-state index >= 15 is 4.39 Å². The largest absolute Gasteiger partial charge is 0.586 e. The maximum atomic E-state index is 15.1. The first-order chi connectivity index (χ1) is 18.6. The zero-order chi connectivity index (χ0) is 27.7. The van der Waals surface area contributed by atoms with E-state index in [4.69, 9.17) is 5.73 Å². The number of nitrogen functional groups attached to an aromatic ring is 1. The zero-order valence-electron chi connectivity index (χ0n) is 21.5. The van der Waals surface area contributed by atoms with Crippen LogP contribution in [-0.4, -0.2) is 28.6 Å². The molecular weight excluding hydrogens is 516 g/mol. The summed E-state index contributed by atoms with van der Waals surface area (Å²) in [6, 6.07) is 7.11. The van der Waals surface area contributed by atoms with Gasteiger partial charge in [0.2, 0.25) is 5.75 Å². The summed E-state index contributed by atoms with van der Waals surface area (Å²) < 4.78 is 64.3. The first kappa shape index (κ1) is 27.1. The van der Waals surface area contributed by atoms with Gasteiger partial charge in [-0.15, -0.1) is 8.78 Å². The Bertz CT molecular complexity index is 1370. The predicted molar refractivity (Wildman–Crippen MR) is 136 cm³/mol. The Morgan fingerprint density at radius 1 is 1.10 bits per heavy atom. The van der Waals surface area contributed by atoms with Gasteiger partial charge in [0.15, 0.2) is 11.6 Å². The van der Waals surface area contributed by atoms with Gasteiger partial charge in [-0.2, -0.15) is 0 Å². The smallest absolute Gasteiger partial charge is 0.395 e. The second kappa shape index (κ2) is 11.0. The van der Waals surface area contributed by atoms with E-state index < -0.39 is 23.6 Å². The molecule has 3 atom stereocenters. The van der Waals surface area contributed by atoms with Crippen LogP contribution in [0.25, 0.3) is 10.9 Å². The Morgan fingerprint density at radius 3 is 2.59 bits per heavy atom. The molecule has 1 aliphatic carbocycles. The van der Waals surface area contributed by atoms with Crippen LogP contribution in [0.2, 0.25) is 0 Å². The molecule has 0 saturated heterocycles. The maximum absolute atomic E-state index is 15.1. The van der Waals surface area contributed by atoms with Crippen LogP contribution in [0.3, 0.4) is 0 Å². The van der Waals surface area contributed by atoms with Crippen LogP contribution >= 0.6 is 0 Å². The van der Waals surface area contributed by atoms with Crippen LogP contribution in [0.15, 0.2) is 30.3 Å². The lowest BCUT2D eigenvalue weighted by atomic mass is 9.81. The third-order valence-corrected chi connectivity index (χ3v) is 7.52. The van der Waals surface area contributed by atoms with Gasteiger partial charge >= 0.3 is 6.29 Å². The SMILES string of the molecule is CCN[C@H](CC(=O)C1CCCCC(c2nc(N)c3cc4c(c(F)c3n2)OC(F)(F)O4)CC1)c1ccc(F)cc1. The van der Waals surface area contributed by atoms with Gasteiger partial charge in [0, 0.05) is 29.7 Å². The average Bonchev–Trinajstić information content (AvgIpc) is 3.19. The number of hydrogen-bond donors (Lipinski definition) is 2. The molecule has 1 aliphatic heterocycles. The number of nitrogens with two attached hydrogens (primary N) is 1. The minimum Gasteiger partial charge on any atom is -0.395 e. The minimum absolute atomic E-state index is 0.0435. The Morgan fingerprint density at radius 2 is 1.85 bits per heavy atom. The molecule has 1 aromatic heterocycles. The number of hydrogen-bond acceptors (Lipinski definition) is 7. The Labute approximate surface area is 223 Å². The number of anilines is 1. The fraction of sp³-hybridized carbons (Fsp3) is 0.464. The van der Waals surface area contributed by atoms with Crippen molar-refractivity contribution < 1.29 is 31.8 Å². The van der Waals surface area contributed by atoms with Crippen molar-refractivity contribution in [1.82, 2.24) is 15.3 Å². The summed E-state index contributed by atoms with van der Waals surface area (Å²) in [4.78, 5) is 22.1. The van der Waals surface area contributed by atoms with Crippen LogP contribution < -0.4 is 20.5 Å². The highest BCUT2D eigenvalue weighted by Crippen LogP contribution is 2.46. The Kier molecular flexibility index (Phi) is 7.61. The third-order valence-electron chi connectivity index (χ3n) is 7.52. The highest BCUT2D eigenvalue weighted by atomic mass is 19.3. The molecule has 3 N–H and O–H groups in total. The fourth-order valence-electron chi connectivity index (χ4n) is 5.52. The number of Topliss-reactive ketones (excluding diaryl/α,β-unsaturated/α-hetero) is 1. The van der Waals surface area contributed by atoms with E-state index in [0.29, 0.717) is 25.2 Å². The second-order valence-corrected chi connectivity index (χ2v) is 10.1. The molecule has 1 saturated carbocycles. The first-order valence-corrected chi connectivity index (χ1v) is 13.2. The van der Waals surface area contributed by atoms with E-state index in [-0.39, 0.29) is 52.6 Å². The van der Waals surface area contributed by atoms with Gasteiger partial charge in [0.05, 0.1) is 0 Å². The molecule has 5 rings (SSSR count). The van der Waals surface area contributed by atoms with Crippen LogP contribution in [-0.2, 0) is 4.79 Å². The summed E-state index contributed by atoms with van der Waals surface area (Å²) >= 11 is 0. The lowest BCUT2D eigenvalue weighted by Crippen LogP contribution is -2.27. The lowest BCUT2D eigenvalue weighted by Gasteiger charge is -2.26. The molecule has 2 aliphatic rings. The van der Waals surface area contributed by atoms with E-state index in [1.165, 1.54) is 12.1 Å². The van der Waals surface area contributed by atoms with E-state index in [9.17, 15) is 18.0 Å². The number of rotatable bonds is 7. The number of carbonyl (C=O) groups excluding carboxylic acids is 1. The van der Waals surface area contributed by atoms with E-state index in [1.807, 2.05) is 6.92 Å². The van der Waals surface area contributed by atoms with E-state index in [1.54, 1.807) is 12.1 Å². The molecule has 7 nitrogen and oxygen atoms in total. The van der Waals surface area contributed by atoms with Crippen molar-refractivity contribution in [3.05, 3.63) is 53.4 Å². The van der Waals surface area contributed by atoms with Gasteiger partial charge in [0.1, 0.15) is 28.8 Å². The van der Waals surface area contributed by atoms with Crippen molar-refractivity contribution >= 4 is 22.5 Å². The molecule has 1 fully saturated rings. The summed E-state index contributed by atoms with van der Waals surface area (Å²) in [5.74, 6) is -2.53. The van der Waals surface area contributed by atoms with Crippen LogP contribution in [0, 0.1) is 17.6 Å². The van der Waals surface area contributed by atoms with Crippen molar-refractivity contribution in [2.75, 3.05) is 12.3 Å². The highest BCUT2D eigenvalue weighted by molar-refractivity contribution is 5.91. The monoisotopic (exact) mass is 546 g/mol. The number of halogens is 4. The number of ether oxygens (including phenoxy) is 2. The molecule has 39 heavy (non-hydrogen) atoms. The Balaban J connectivity index is 1.33. The average molecular weight is 547 g/mol. The zero-order valence-corrected chi connectivity index (χ0v) is 21.5. The molecule has 0 bridgehead atoms. The minimum atomic E-state index is -3.98. The van der Waals surface area contributed by atoms with Gasteiger partial charge in [-0.25, -0.2) is 18.7 Å². The molecule has 0 amide bonds. The van der Waals surface area contributed by atoms with Crippen molar-refractivity contribution in [1.29, 1.82) is 0 Å². The highest BCUT2D eigenvalue weighted by Gasteiger charge is 2.46. The number of fused-ring (bicyclic) bond motifs is 2. The van der Waals surface area contributed by atoms with Crippen molar-refractivity contribution in [2.45, 2.75) is 70.1 Å². The van der Waals surface area contributed by atoms with Gasteiger partial charge in [0.25, 0.3) is 0 Å². The quantitative estimate of drug-likeness (QED) is 0.342. The van der Waals surface area contributed by atoms with Crippen LogP contribution in [0.4, 0.5) is 23.4 Å². The Hall–Kier alpha value is -3.47. The molecule has 3 aromatic rings. The summed E-state index contributed by atoms with van der Waals surface area (Å²) in [7, 11) is 0. The summed E-state index contributed by atoms with van der Waals surface area (Å²) in [5.41, 5.74) is 6.75. The molecule has 2 unspecified atom stereocenters. The number of alkyl halides is 2. The van der Waals surface area contributed by atoms with E-state index in [2.05, 4.69) is 24.8 Å². The molecule has 2 heterocycles. The molecule has 11 heteroatoms. The maximum Gasteiger partial charge on any atom is 0.586 e. The number of nitrogens with one attached hydrogen (secondary N) is 1. The number of benzene rings is 2. The number of carbonyl (C=O) groups is 1. The van der Waals surface area contributed by atoms with Crippen molar-refractivity contribution in [3.8, 4) is 11.5 Å². The van der Waals surface area contributed by atoms with Crippen molar-refractivity contribution in [2.24, 2.45) is 5.92 Å². The summed E-state index contributed by atoms with van der Waals surface area (Å²) in [6.07, 6.45) is 0.649. The normalized spacial score (nSPS) is 21.4. The number of aromatic nitrogens is 2. The number of ketones is 1. The molecule has 208 valence electrons. The molecule has 2 aromatic carbocycles. The molecule has 0 spiro atoms. The third kappa shape index (κ3) is 5.78. The van der Waals surface area contributed by atoms with Gasteiger partial charge in [-0.3, -0.25) is 4.79 Å². The second-order valence-electron chi connectivity index (χ2n) is 10.1.